The van der Waals surface area contributed by atoms with E-state index in [4.69, 9.17) is 19.2 Å². The second kappa shape index (κ2) is 10.9. The average molecular weight is 548 g/mol. The van der Waals surface area contributed by atoms with Crippen LogP contribution in [0.15, 0.2) is 67.1 Å². The zero-order valence-corrected chi connectivity index (χ0v) is 22.2. The Kier molecular flexibility index (Phi) is 7.23. The molecule has 0 fully saturated rings. The Morgan fingerprint density at radius 2 is 1.69 bits per heavy atom. The molecule has 0 saturated heterocycles. The highest BCUT2D eigenvalue weighted by molar-refractivity contribution is 7.91. The van der Waals surface area contributed by atoms with Crippen molar-refractivity contribution in [2.24, 2.45) is 0 Å². The van der Waals surface area contributed by atoms with E-state index in [1.807, 2.05) is 6.92 Å². The van der Waals surface area contributed by atoms with Gasteiger partial charge < -0.3 is 14.2 Å². The number of ether oxygens (including phenoxy) is 3. The number of anilines is 1. The van der Waals surface area contributed by atoms with Gasteiger partial charge in [-0.3, -0.25) is 14.3 Å². The van der Waals surface area contributed by atoms with Crippen LogP contribution in [-0.4, -0.2) is 58.7 Å². The molecule has 5 rings (SSSR count). The van der Waals surface area contributed by atoms with Crippen molar-refractivity contribution >= 4 is 27.1 Å². The maximum absolute atomic E-state index is 12.9. The second-order valence-electron chi connectivity index (χ2n) is 8.20. The lowest BCUT2D eigenvalue weighted by Gasteiger charge is -2.16. The maximum atomic E-state index is 12.9. The molecule has 1 aromatic carbocycles. The number of rotatable bonds is 10. The maximum Gasteiger partial charge on any atom is 0.238 e. The van der Waals surface area contributed by atoms with E-state index in [-0.39, 0.29) is 22.9 Å². The molecule has 4 heterocycles. The van der Waals surface area contributed by atoms with Crippen LogP contribution in [0.25, 0.3) is 28.5 Å². The van der Waals surface area contributed by atoms with Gasteiger partial charge in [0.1, 0.15) is 22.9 Å². The lowest BCUT2D eigenvalue weighted by Crippen LogP contribution is -2.16. The fourth-order valence-electron chi connectivity index (χ4n) is 4.00. The van der Waals surface area contributed by atoms with Crippen LogP contribution in [0.4, 0.5) is 5.82 Å². The number of nitrogens with zero attached hydrogens (tertiary/aromatic N) is 6. The number of imidazole rings is 1. The number of benzene rings is 1. The highest BCUT2D eigenvalue weighted by Gasteiger charge is 2.24. The van der Waals surface area contributed by atoms with E-state index in [0.717, 1.165) is 0 Å². The van der Waals surface area contributed by atoms with E-state index in [1.165, 1.54) is 26.6 Å². The molecular weight excluding hydrogens is 522 g/mol. The molecule has 1 N–H and O–H groups in total. The first kappa shape index (κ1) is 25.9. The monoisotopic (exact) mass is 547 g/mol. The van der Waals surface area contributed by atoms with Crippen LogP contribution >= 0.6 is 0 Å². The Balaban J connectivity index is 1.69. The quantitative estimate of drug-likeness (QED) is 0.275. The van der Waals surface area contributed by atoms with Gasteiger partial charge in [0.05, 0.1) is 32.8 Å². The molecule has 0 aliphatic heterocycles. The van der Waals surface area contributed by atoms with Gasteiger partial charge in [0.25, 0.3) is 0 Å². The Morgan fingerprint density at radius 1 is 0.923 bits per heavy atom. The van der Waals surface area contributed by atoms with E-state index < -0.39 is 10.0 Å². The van der Waals surface area contributed by atoms with Crippen LogP contribution < -0.4 is 18.9 Å². The standard InChI is InChI=1S/C26H25N7O5S/c1-4-38-22-12-5-9-18(29-22)25-31-24-26(33(25)23-19(36-2)10-6-11-20(23)37-3)30-21(15-28-24)32-39(34,35)16-17-8-7-13-27-14-17/h5-15H,4,16H2,1-3H3,(H,30,32). The third-order valence-electron chi connectivity index (χ3n) is 5.58. The number of hydrogen-bond donors (Lipinski definition) is 1. The minimum atomic E-state index is -3.82. The first-order valence-corrected chi connectivity index (χ1v) is 13.5. The number of fused-ring (bicyclic) bond motifs is 1. The number of pyridine rings is 2. The molecule has 200 valence electrons. The van der Waals surface area contributed by atoms with Gasteiger partial charge in [0.2, 0.25) is 15.9 Å². The van der Waals surface area contributed by atoms with Crippen LogP contribution in [0.5, 0.6) is 17.4 Å². The zero-order chi connectivity index (χ0) is 27.4. The lowest BCUT2D eigenvalue weighted by atomic mass is 10.2. The number of methoxy groups -OCH3 is 2. The first-order valence-electron chi connectivity index (χ1n) is 11.9. The third-order valence-corrected chi connectivity index (χ3v) is 6.81. The summed E-state index contributed by atoms with van der Waals surface area (Å²) in [6.45, 7) is 2.31. The molecular formula is C26H25N7O5S. The van der Waals surface area contributed by atoms with Crippen molar-refractivity contribution in [2.75, 3.05) is 25.5 Å². The number of aromatic nitrogens is 6. The van der Waals surface area contributed by atoms with Crippen molar-refractivity contribution in [1.29, 1.82) is 0 Å². The van der Waals surface area contributed by atoms with E-state index >= 15 is 0 Å². The molecule has 0 aliphatic rings. The summed E-state index contributed by atoms with van der Waals surface area (Å²) in [6.07, 6.45) is 4.38. The van der Waals surface area contributed by atoms with E-state index in [2.05, 4.69) is 24.7 Å². The van der Waals surface area contributed by atoms with Crippen molar-refractivity contribution < 1.29 is 22.6 Å². The van der Waals surface area contributed by atoms with Crippen molar-refractivity contribution in [2.45, 2.75) is 12.7 Å². The van der Waals surface area contributed by atoms with Crippen LogP contribution in [0, 0.1) is 0 Å². The van der Waals surface area contributed by atoms with E-state index in [1.54, 1.807) is 59.3 Å². The third kappa shape index (κ3) is 5.43. The molecule has 0 radical (unpaired) electrons. The molecule has 4 aromatic heterocycles. The summed E-state index contributed by atoms with van der Waals surface area (Å²) in [7, 11) is -0.744. The largest absolute Gasteiger partial charge is 0.494 e. The molecule has 39 heavy (non-hydrogen) atoms. The van der Waals surface area contributed by atoms with E-state index in [0.29, 0.717) is 46.8 Å². The molecule has 13 heteroatoms. The summed E-state index contributed by atoms with van der Waals surface area (Å²) >= 11 is 0. The minimum Gasteiger partial charge on any atom is -0.494 e. The van der Waals surface area contributed by atoms with Gasteiger partial charge in [0.15, 0.2) is 22.9 Å². The highest BCUT2D eigenvalue weighted by Crippen LogP contribution is 2.38. The smallest absolute Gasteiger partial charge is 0.238 e. The van der Waals surface area contributed by atoms with Gasteiger partial charge in [-0.25, -0.2) is 28.4 Å². The highest BCUT2D eigenvalue weighted by atomic mass is 32.2. The zero-order valence-electron chi connectivity index (χ0n) is 21.4. The van der Waals surface area contributed by atoms with Crippen LogP contribution in [0.1, 0.15) is 12.5 Å². The fourth-order valence-corrected chi connectivity index (χ4v) is 5.10. The Hall–Kier alpha value is -4.78. The summed E-state index contributed by atoms with van der Waals surface area (Å²) in [5.74, 6) is 1.49. The minimum absolute atomic E-state index is 0.0176. The summed E-state index contributed by atoms with van der Waals surface area (Å²) in [4.78, 5) is 22.3. The van der Waals surface area contributed by atoms with Crippen LogP contribution in [0.2, 0.25) is 0 Å². The summed E-state index contributed by atoms with van der Waals surface area (Å²) < 4.78 is 46.9. The van der Waals surface area contributed by atoms with Crippen LogP contribution in [0.3, 0.4) is 0 Å². The summed E-state index contributed by atoms with van der Waals surface area (Å²) in [6, 6.07) is 14.0. The van der Waals surface area contributed by atoms with Gasteiger partial charge in [-0.05, 0) is 36.8 Å². The molecule has 0 bridgehead atoms. The Bertz CT molecular complexity index is 1700. The predicted octanol–water partition coefficient (Wildman–Crippen LogP) is 3.63. The molecule has 5 aromatic rings. The first-order chi connectivity index (χ1) is 18.9. The predicted molar refractivity (Wildman–Crippen MR) is 145 cm³/mol. The number of para-hydroxylation sites is 1. The van der Waals surface area contributed by atoms with Crippen molar-refractivity contribution in [1.82, 2.24) is 29.5 Å². The molecule has 0 spiro atoms. The number of sulfonamides is 1. The average Bonchev–Trinajstić information content (AvgIpc) is 3.31. The summed E-state index contributed by atoms with van der Waals surface area (Å²) in [5, 5.41) is 0. The van der Waals surface area contributed by atoms with Crippen molar-refractivity contribution in [3.05, 3.63) is 72.7 Å². The number of hydrogen-bond acceptors (Lipinski definition) is 10. The van der Waals surface area contributed by atoms with E-state index in [9.17, 15) is 8.42 Å². The SMILES string of the molecule is CCOc1cccc(-c2nc3ncc(NS(=O)(=O)Cc4cccnc4)nc3n2-c2c(OC)cccc2OC)n1. The molecule has 12 nitrogen and oxygen atoms in total. The van der Waals surface area contributed by atoms with Gasteiger partial charge in [-0.1, -0.05) is 18.2 Å². The van der Waals surface area contributed by atoms with Crippen molar-refractivity contribution in [3.63, 3.8) is 0 Å². The molecule has 0 saturated carbocycles. The fraction of sp³-hybridized carbons (Fsp3) is 0.192. The van der Waals surface area contributed by atoms with Gasteiger partial charge in [-0.15, -0.1) is 0 Å². The van der Waals surface area contributed by atoms with Gasteiger partial charge in [0, 0.05) is 18.5 Å². The van der Waals surface area contributed by atoms with Gasteiger partial charge in [-0.2, -0.15) is 0 Å². The lowest BCUT2D eigenvalue weighted by molar-refractivity contribution is 0.327. The number of nitrogens with one attached hydrogen (secondary N) is 1. The van der Waals surface area contributed by atoms with Crippen LogP contribution in [-0.2, 0) is 15.8 Å². The summed E-state index contributed by atoms with van der Waals surface area (Å²) in [5.41, 5.74) is 2.03. The Morgan fingerprint density at radius 3 is 2.38 bits per heavy atom. The van der Waals surface area contributed by atoms with Crippen molar-refractivity contribution in [3.8, 4) is 34.6 Å². The normalized spacial score (nSPS) is 11.4. The topological polar surface area (TPSA) is 143 Å². The Labute approximate surface area is 224 Å². The van der Waals surface area contributed by atoms with Gasteiger partial charge >= 0.3 is 0 Å². The molecule has 0 amide bonds. The molecule has 0 unspecified atom stereocenters. The molecule has 0 atom stereocenters. The molecule has 0 aliphatic carbocycles. The second-order valence-corrected chi connectivity index (χ2v) is 9.92.